The van der Waals surface area contributed by atoms with Gasteiger partial charge in [-0.15, -0.1) is 0 Å². The summed E-state index contributed by atoms with van der Waals surface area (Å²) < 4.78 is 56.6. The molecule has 4 rings (SSSR count). The van der Waals surface area contributed by atoms with Gasteiger partial charge in [0.25, 0.3) is 20.0 Å². The van der Waals surface area contributed by atoms with Crippen LogP contribution in [0.2, 0.25) is 0 Å². The summed E-state index contributed by atoms with van der Waals surface area (Å²) in [5.41, 5.74) is 4.77. The number of carbonyl (C=O) groups is 1. The molecule has 0 saturated carbocycles. The summed E-state index contributed by atoms with van der Waals surface area (Å²) in [6.07, 6.45) is 0. The van der Waals surface area contributed by atoms with E-state index in [-0.39, 0.29) is 9.79 Å². The first-order valence-corrected chi connectivity index (χ1v) is 15.4. The van der Waals surface area contributed by atoms with Crippen molar-refractivity contribution in [3.8, 4) is 0 Å². The molecule has 0 fully saturated rings. The van der Waals surface area contributed by atoms with Gasteiger partial charge in [0.1, 0.15) is 6.54 Å². The van der Waals surface area contributed by atoms with Crippen molar-refractivity contribution in [2.24, 2.45) is 0 Å². The van der Waals surface area contributed by atoms with Crippen LogP contribution in [0, 0.1) is 27.7 Å². The molecule has 0 atom stereocenters. The van der Waals surface area contributed by atoms with Gasteiger partial charge in [0.05, 0.1) is 21.2 Å². The van der Waals surface area contributed by atoms with E-state index in [9.17, 15) is 21.6 Å². The number of anilines is 3. The number of nitrogens with one attached hydrogen (secondary N) is 2. The smallest absolute Gasteiger partial charge is 0.264 e. The lowest BCUT2D eigenvalue weighted by atomic mass is 10.1. The highest BCUT2D eigenvalue weighted by atomic mass is 32.2. The summed E-state index contributed by atoms with van der Waals surface area (Å²) in [6, 6.07) is 24.3. The molecule has 0 heterocycles. The van der Waals surface area contributed by atoms with Gasteiger partial charge >= 0.3 is 0 Å². The van der Waals surface area contributed by atoms with Gasteiger partial charge in [-0.25, -0.2) is 16.8 Å². The Morgan fingerprint density at radius 3 is 2.00 bits per heavy atom. The largest absolute Gasteiger partial charge is 0.325 e. The first-order valence-electron chi connectivity index (χ1n) is 12.5. The number of aryl methyl sites for hydroxylation is 4. The quantitative estimate of drug-likeness (QED) is 0.271. The second kappa shape index (κ2) is 11.5. The van der Waals surface area contributed by atoms with E-state index in [0.29, 0.717) is 17.1 Å². The standard InChI is InChI=1S/C30H31N3O5S2/c1-21-10-11-23(3)29(18-21)32-39(35,36)27-16-13-25(14-17-27)31-30(34)20-33(26-15-12-22(2)24(4)19-26)40(37,38)28-8-6-5-7-9-28/h5-19,32H,20H2,1-4H3,(H,31,34). The van der Waals surface area contributed by atoms with Crippen molar-refractivity contribution in [3.05, 3.63) is 113 Å². The van der Waals surface area contributed by atoms with Gasteiger partial charge in [-0.1, -0.05) is 36.4 Å². The number of nitrogens with zero attached hydrogens (tertiary/aromatic N) is 1. The van der Waals surface area contributed by atoms with Crippen molar-refractivity contribution in [1.29, 1.82) is 0 Å². The summed E-state index contributed by atoms with van der Waals surface area (Å²) in [6.45, 7) is 7.00. The topological polar surface area (TPSA) is 113 Å². The third-order valence-corrected chi connectivity index (χ3v) is 9.65. The van der Waals surface area contributed by atoms with Crippen LogP contribution in [0.1, 0.15) is 22.3 Å². The minimum absolute atomic E-state index is 0.0230. The summed E-state index contributed by atoms with van der Waals surface area (Å²) in [5.74, 6) is -0.582. The van der Waals surface area contributed by atoms with Crippen LogP contribution in [0.5, 0.6) is 0 Å². The average Bonchev–Trinajstić information content (AvgIpc) is 2.91. The number of hydrogen-bond donors (Lipinski definition) is 2. The van der Waals surface area contributed by atoms with Gasteiger partial charge in [0, 0.05) is 5.69 Å². The summed E-state index contributed by atoms with van der Waals surface area (Å²) in [7, 11) is -7.91. The molecule has 0 unspecified atom stereocenters. The summed E-state index contributed by atoms with van der Waals surface area (Å²) in [5, 5.41) is 2.68. The molecule has 2 N–H and O–H groups in total. The van der Waals surface area contributed by atoms with Gasteiger partial charge in [0.15, 0.2) is 0 Å². The van der Waals surface area contributed by atoms with Crippen LogP contribution < -0.4 is 14.3 Å². The van der Waals surface area contributed by atoms with Crippen LogP contribution in [-0.2, 0) is 24.8 Å². The molecular formula is C30H31N3O5S2. The Morgan fingerprint density at radius 2 is 1.35 bits per heavy atom. The Balaban J connectivity index is 1.54. The maximum absolute atomic E-state index is 13.5. The predicted octanol–water partition coefficient (Wildman–Crippen LogP) is 5.56. The van der Waals surface area contributed by atoms with Gasteiger partial charge in [-0.2, -0.15) is 0 Å². The molecule has 0 saturated heterocycles. The molecule has 0 spiro atoms. The molecule has 4 aromatic rings. The molecule has 0 aliphatic carbocycles. The van der Waals surface area contributed by atoms with Crippen molar-refractivity contribution in [1.82, 2.24) is 0 Å². The molecule has 4 aromatic carbocycles. The van der Waals surface area contributed by atoms with Crippen molar-refractivity contribution in [3.63, 3.8) is 0 Å². The van der Waals surface area contributed by atoms with E-state index in [2.05, 4.69) is 10.0 Å². The molecule has 0 aliphatic heterocycles. The molecule has 8 nitrogen and oxygen atoms in total. The molecule has 40 heavy (non-hydrogen) atoms. The maximum Gasteiger partial charge on any atom is 0.264 e. The first kappa shape index (κ1) is 28.8. The van der Waals surface area contributed by atoms with Gasteiger partial charge in [0.2, 0.25) is 5.91 Å². The molecule has 0 aromatic heterocycles. The summed E-state index contributed by atoms with van der Waals surface area (Å²) in [4.78, 5) is 13.2. The molecule has 0 bridgehead atoms. The minimum atomic E-state index is -4.05. The molecular weight excluding hydrogens is 546 g/mol. The van der Waals surface area contributed by atoms with Crippen molar-refractivity contribution >= 4 is 43.0 Å². The number of carbonyl (C=O) groups excluding carboxylic acids is 1. The van der Waals surface area contributed by atoms with Crippen LogP contribution in [-0.4, -0.2) is 29.3 Å². The fourth-order valence-corrected chi connectivity index (χ4v) is 6.57. The molecule has 10 heteroatoms. The van der Waals surface area contributed by atoms with Crippen LogP contribution >= 0.6 is 0 Å². The number of amides is 1. The second-order valence-electron chi connectivity index (χ2n) is 9.59. The molecule has 208 valence electrons. The van der Waals surface area contributed by atoms with Crippen molar-refractivity contribution in [2.45, 2.75) is 37.5 Å². The lowest BCUT2D eigenvalue weighted by Gasteiger charge is -2.25. The maximum atomic E-state index is 13.5. The average molecular weight is 578 g/mol. The van der Waals surface area contributed by atoms with Crippen LogP contribution in [0.3, 0.4) is 0 Å². The zero-order valence-electron chi connectivity index (χ0n) is 22.7. The lowest BCUT2D eigenvalue weighted by Crippen LogP contribution is -2.38. The SMILES string of the molecule is Cc1ccc(C)c(NS(=O)(=O)c2ccc(NC(=O)CN(c3ccc(C)c(C)c3)S(=O)(=O)c3ccccc3)cc2)c1. The number of sulfonamides is 2. The lowest BCUT2D eigenvalue weighted by molar-refractivity contribution is -0.114. The van der Waals surface area contributed by atoms with E-state index in [0.717, 1.165) is 26.6 Å². The van der Waals surface area contributed by atoms with E-state index < -0.39 is 32.5 Å². The monoisotopic (exact) mass is 577 g/mol. The Hall–Kier alpha value is -4.15. The Labute approximate surface area is 235 Å². The normalized spacial score (nSPS) is 11.6. The fraction of sp³-hybridized carbons (Fsp3) is 0.167. The van der Waals surface area contributed by atoms with Crippen LogP contribution in [0.15, 0.2) is 101 Å². The Morgan fingerprint density at radius 1 is 0.700 bits per heavy atom. The van der Waals surface area contributed by atoms with Gasteiger partial charge in [-0.3, -0.25) is 13.8 Å². The first-order chi connectivity index (χ1) is 18.9. The zero-order valence-corrected chi connectivity index (χ0v) is 24.3. The van der Waals surface area contributed by atoms with Gasteiger partial charge < -0.3 is 5.32 Å². The van der Waals surface area contributed by atoms with E-state index in [4.69, 9.17) is 0 Å². The number of benzene rings is 4. The minimum Gasteiger partial charge on any atom is -0.325 e. The van der Waals surface area contributed by atoms with Crippen LogP contribution in [0.4, 0.5) is 17.1 Å². The fourth-order valence-electron chi connectivity index (χ4n) is 4.01. The summed E-state index contributed by atoms with van der Waals surface area (Å²) >= 11 is 0. The second-order valence-corrected chi connectivity index (χ2v) is 13.1. The van der Waals surface area contributed by atoms with Gasteiger partial charge in [-0.05, 0) is 105 Å². The van der Waals surface area contributed by atoms with E-state index in [1.165, 1.54) is 36.4 Å². The van der Waals surface area contributed by atoms with Crippen LogP contribution in [0.25, 0.3) is 0 Å². The van der Waals surface area contributed by atoms with E-state index in [1.54, 1.807) is 36.4 Å². The Bertz CT molecular complexity index is 1750. The third kappa shape index (κ3) is 6.52. The molecule has 1 amide bonds. The predicted molar refractivity (Wildman–Crippen MR) is 159 cm³/mol. The number of rotatable bonds is 9. The van der Waals surface area contributed by atoms with Crippen molar-refractivity contribution < 1.29 is 21.6 Å². The highest BCUT2D eigenvalue weighted by Gasteiger charge is 2.27. The van der Waals surface area contributed by atoms with E-state index in [1.807, 2.05) is 45.9 Å². The molecule has 0 aliphatic rings. The number of hydrogen-bond acceptors (Lipinski definition) is 5. The Kier molecular flexibility index (Phi) is 8.32. The third-order valence-electron chi connectivity index (χ3n) is 6.48. The van der Waals surface area contributed by atoms with E-state index >= 15 is 0 Å². The zero-order chi connectivity index (χ0) is 29.1. The molecule has 0 radical (unpaired) electrons. The highest BCUT2D eigenvalue weighted by Crippen LogP contribution is 2.26. The highest BCUT2D eigenvalue weighted by molar-refractivity contribution is 7.93. The van der Waals surface area contributed by atoms with Crippen molar-refractivity contribution in [2.75, 3.05) is 20.9 Å².